The van der Waals surface area contributed by atoms with E-state index < -0.39 is 0 Å². The van der Waals surface area contributed by atoms with Gasteiger partial charge < -0.3 is 13.9 Å². The van der Waals surface area contributed by atoms with Gasteiger partial charge in [0.2, 0.25) is 0 Å². The van der Waals surface area contributed by atoms with Crippen LogP contribution in [0.1, 0.15) is 67.1 Å². The molecule has 0 radical (unpaired) electrons. The summed E-state index contributed by atoms with van der Waals surface area (Å²) in [5.41, 5.74) is 0.243. The summed E-state index contributed by atoms with van der Waals surface area (Å²) in [6.07, 6.45) is 2.09. The number of imidazole rings is 1. The molecule has 1 aliphatic rings. The average Bonchev–Trinajstić information content (AvgIpc) is 2.78. The van der Waals surface area contributed by atoms with Gasteiger partial charge in [-0.25, -0.2) is 4.98 Å². The van der Waals surface area contributed by atoms with Crippen LogP contribution in [0.3, 0.4) is 0 Å². The summed E-state index contributed by atoms with van der Waals surface area (Å²) >= 11 is 0. The number of hydrogen-bond acceptors (Lipinski definition) is 3. The quantitative estimate of drug-likeness (QED) is 0.800. The minimum absolute atomic E-state index is 0.322. The molecule has 1 aromatic heterocycles. The van der Waals surface area contributed by atoms with Crippen molar-refractivity contribution in [3.8, 4) is 0 Å². The van der Waals surface area contributed by atoms with Crippen LogP contribution < -0.4 is 5.59 Å². The highest BCUT2D eigenvalue weighted by atomic mass is 16.7. The van der Waals surface area contributed by atoms with Gasteiger partial charge in [-0.15, -0.1) is 0 Å². The van der Waals surface area contributed by atoms with Crippen LogP contribution >= 0.6 is 0 Å². The van der Waals surface area contributed by atoms with Gasteiger partial charge in [0.15, 0.2) is 0 Å². The van der Waals surface area contributed by atoms with Crippen LogP contribution in [0.2, 0.25) is 0 Å². The third-order valence-corrected chi connectivity index (χ3v) is 4.40. The van der Waals surface area contributed by atoms with Crippen LogP contribution in [0.15, 0.2) is 6.20 Å². The fourth-order valence-corrected chi connectivity index (χ4v) is 2.53. The van der Waals surface area contributed by atoms with Crippen molar-refractivity contribution in [3.63, 3.8) is 0 Å². The minimum atomic E-state index is -0.374. The third kappa shape index (κ3) is 3.19. The Morgan fingerprint density at radius 3 is 2.05 bits per heavy atom. The fourth-order valence-electron chi connectivity index (χ4n) is 2.53. The van der Waals surface area contributed by atoms with Crippen molar-refractivity contribution in [2.45, 2.75) is 79.1 Å². The Bertz CT molecular complexity index is 490. The Hall–Kier alpha value is -0.805. The minimum Gasteiger partial charge on any atom is -0.398 e. The van der Waals surface area contributed by atoms with Crippen molar-refractivity contribution >= 4 is 12.7 Å². The molecule has 0 aliphatic carbocycles. The monoisotopic (exact) mass is 292 g/mol. The highest BCUT2D eigenvalue weighted by molar-refractivity contribution is 6.61. The maximum Gasteiger partial charge on any atom is 0.516 e. The molecule has 0 amide bonds. The van der Waals surface area contributed by atoms with Crippen molar-refractivity contribution in [1.29, 1.82) is 0 Å². The summed E-state index contributed by atoms with van der Waals surface area (Å²) in [4.78, 5) is 4.79. The van der Waals surface area contributed by atoms with Crippen molar-refractivity contribution in [3.05, 3.63) is 12.0 Å². The Morgan fingerprint density at radius 2 is 1.62 bits per heavy atom. The smallest absolute Gasteiger partial charge is 0.398 e. The van der Waals surface area contributed by atoms with E-state index in [1.54, 1.807) is 0 Å². The predicted octanol–water partition coefficient (Wildman–Crippen LogP) is 2.96. The summed E-state index contributed by atoms with van der Waals surface area (Å²) in [7, 11) is -0.374. The zero-order chi connectivity index (χ0) is 16.0. The molecule has 0 N–H and O–H groups in total. The maximum atomic E-state index is 6.11. The zero-order valence-electron chi connectivity index (χ0n) is 14.7. The molecule has 1 aromatic rings. The first kappa shape index (κ1) is 16.6. The van der Waals surface area contributed by atoms with Crippen molar-refractivity contribution in [2.24, 2.45) is 5.92 Å². The van der Waals surface area contributed by atoms with E-state index in [0.717, 1.165) is 18.0 Å². The molecular formula is C16H29BN2O2. The summed E-state index contributed by atoms with van der Waals surface area (Å²) < 4.78 is 14.5. The molecule has 0 saturated carbocycles. The lowest BCUT2D eigenvalue weighted by Crippen LogP contribution is -2.41. The molecule has 1 saturated heterocycles. The van der Waals surface area contributed by atoms with Crippen LogP contribution in [0.5, 0.6) is 0 Å². The van der Waals surface area contributed by atoms with Crippen LogP contribution in [-0.4, -0.2) is 27.9 Å². The third-order valence-electron chi connectivity index (χ3n) is 4.40. The Balaban J connectivity index is 2.30. The standard InChI is InChI=1S/C16H29BN2O2/c1-11(2)9-19-10-13(18-14(19)12(3)4)17-20-15(5,6)16(7,8)21-17/h10-12H,9H2,1-8H3. The number of rotatable bonds is 4. The van der Waals surface area contributed by atoms with Gasteiger partial charge in [-0.3, -0.25) is 0 Å². The first-order chi connectivity index (χ1) is 9.53. The van der Waals surface area contributed by atoms with E-state index in [4.69, 9.17) is 14.3 Å². The van der Waals surface area contributed by atoms with Gasteiger partial charge in [0, 0.05) is 18.7 Å². The van der Waals surface area contributed by atoms with E-state index >= 15 is 0 Å². The van der Waals surface area contributed by atoms with Gasteiger partial charge in [0.05, 0.1) is 16.8 Å². The van der Waals surface area contributed by atoms with Crippen molar-refractivity contribution < 1.29 is 9.31 Å². The van der Waals surface area contributed by atoms with Gasteiger partial charge >= 0.3 is 7.12 Å². The van der Waals surface area contributed by atoms with Crippen LogP contribution in [0.25, 0.3) is 0 Å². The predicted molar refractivity (Wildman–Crippen MR) is 86.9 cm³/mol. The highest BCUT2D eigenvalue weighted by Crippen LogP contribution is 2.36. The molecule has 2 rings (SSSR count). The fraction of sp³-hybridized carbons (Fsp3) is 0.812. The van der Waals surface area contributed by atoms with Crippen molar-refractivity contribution in [1.82, 2.24) is 9.55 Å². The molecule has 118 valence electrons. The van der Waals surface area contributed by atoms with Crippen molar-refractivity contribution in [2.75, 3.05) is 0 Å². The number of nitrogens with zero attached hydrogens (tertiary/aromatic N) is 2. The summed E-state index contributed by atoms with van der Waals surface area (Å²) in [6.45, 7) is 18.0. The van der Waals surface area contributed by atoms with E-state index in [1.165, 1.54) is 0 Å². The average molecular weight is 292 g/mol. The Labute approximate surface area is 129 Å². The molecule has 0 unspecified atom stereocenters. The molecule has 21 heavy (non-hydrogen) atoms. The van der Waals surface area contributed by atoms with Crippen LogP contribution in [0, 0.1) is 5.92 Å². The van der Waals surface area contributed by atoms with E-state index in [9.17, 15) is 0 Å². The van der Waals surface area contributed by atoms with E-state index in [2.05, 4.69) is 66.2 Å². The normalized spacial score (nSPS) is 20.8. The first-order valence-corrected chi connectivity index (χ1v) is 7.96. The Morgan fingerprint density at radius 1 is 1.10 bits per heavy atom. The second-order valence-electron chi connectivity index (χ2n) is 7.81. The summed E-state index contributed by atoms with van der Waals surface area (Å²) in [5, 5.41) is 0. The molecule has 0 aromatic carbocycles. The van der Waals surface area contributed by atoms with Gasteiger partial charge in [0.25, 0.3) is 0 Å². The summed E-state index contributed by atoms with van der Waals surface area (Å²) in [6, 6.07) is 0. The largest absolute Gasteiger partial charge is 0.516 e. The van der Waals surface area contributed by atoms with Gasteiger partial charge in [-0.2, -0.15) is 0 Å². The number of aromatic nitrogens is 2. The molecule has 4 nitrogen and oxygen atoms in total. The molecule has 0 spiro atoms. The molecule has 2 heterocycles. The van der Waals surface area contributed by atoms with Crippen LogP contribution in [0.4, 0.5) is 0 Å². The lowest BCUT2D eigenvalue weighted by molar-refractivity contribution is 0.00578. The molecule has 1 aliphatic heterocycles. The topological polar surface area (TPSA) is 36.3 Å². The first-order valence-electron chi connectivity index (χ1n) is 7.96. The van der Waals surface area contributed by atoms with E-state index in [1.807, 2.05) is 0 Å². The molecule has 5 heteroatoms. The lowest BCUT2D eigenvalue weighted by Gasteiger charge is -2.32. The van der Waals surface area contributed by atoms with Gasteiger partial charge in [-0.1, -0.05) is 27.7 Å². The molecule has 1 fully saturated rings. The van der Waals surface area contributed by atoms with Gasteiger partial charge in [0.1, 0.15) is 5.82 Å². The lowest BCUT2D eigenvalue weighted by atomic mass is 9.86. The second-order valence-corrected chi connectivity index (χ2v) is 7.81. The number of hydrogen-bond donors (Lipinski definition) is 0. The molecule has 0 bridgehead atoms. The summed E-state index contributed by atoms with van der Waals surface area (Å²) in [5.74, 6) is 2.08. The zero-order valence-corrected chi connectivity index (χ0v) is 14.7. The van der Waals surface area contributed by atoms with Crippen LogP contribution in [-0.2, 0) is 15.9 Å². The Kier molecular flexibility index (Phi) is 4.29. The van der Waals surface area contributed by atoms with E-state index in [0.29, 0.717) is 11.8 Å². The second kappa shape index (κ2) is 5.43. The van der Waals surface area contributed by atoms with Gasteiger partial charge in [-0.05, 0) is 33.6 Å². The molecule has 0 atom stereocenters. The molecular weight excluding hydrogens is 263 g/mol. The highest BCUT2D eigenvalue weighted by Gasteiger charge is 2.52. The van der Waals surface area contributed by atoms with E-state index in [-0.39, 0.29) is 18.3 Å². The SMILES string of the molecule is CC(C)Cn1cc(B2OC(C)(C)C(C)(C)O2)nc1C(C)C. The maximum absolute atomic E-state index is 6.11.